The third kappa shape index (κ3) is 3.35. The van der Waals surface area contributed by atoms with Crippen molar-refractivity contribution in [2.45, 2.75) is 26.8 Å². The summed E-state index contributed by atoms with van der Waals surface area (Å²) in [5, 5.41) is 11.2. The average Bonchev–Trinajstić information content (AvgIpc) is 3.49. The molecule has 1 atom stereocenters. The number of Topliss-reactive ketones (excluding diaryl/α,β-unsaturated/α-hetero) is 1. The number of fused-ring (bicyclic) bond motifs is 1. The van der Waals surface area contributed by atoms with Crippen molar-refractivity contribution in [3.8, 4) is 5.75 Å². The lowest BCUT2D eigenvalue weighted by Crippen LogP contribution is -2.30. The molecule has 5 rings (SSSR count). The molecule has 1 aliphatic rings. The first-order chi connectivity index (χ1) is 16.3. The van der Waals surface area contributed by atoms with E-state index in [-0.39, 0.29) is 17.3 Å². The van der Waals surface area contributed by atoms with Crippen molar-refractivity contribution in [2.75, 3.05) is 12.0 Å². The van der Waals surface area contributed by atoms with Crippen molar-refractivity contribution in [1.29, 1.82) is 0 Å². The summed E-state index contributed by atoms with van der Waals surface area (Å²) < 4.78 is 11.1. The molecule has 8 nitrogen and oxygen atoms in total. The van der Waals surface area contributed by atoms with Crippen molar-refractivity contribution >= 4 is 34.4 Å². The summed E-state index contributed by atoms with van der Waals surface area (Å²) in [6.45, 7) is 5.55. The Morgan fingerprint density at radius 1 is 1.09 bits per heavy atom. The molecule has 0 aliphatic carbocycles. The molecular formula is C26H23N3O5. The zero-order valence-corrected chi connectivity index (χ0v) is 19.2. The highest BCUT2D eigenvalue weighted by molar-refractivity contribution is 6.51. The number of hydrogen-bond donors (Lipinski definition) is 2. The standard InChI is InChI=1S/C26H23N3O5/c1-13-5-8-17-18(11-13)28-26(27-17)29-22(20-9-6-15(3)34-20)21(24(31)25(29)32)23(30)16-7-10-19(33-4)14(2)12-16/h5-12,22,30H,1-4H3,(H,27,28)/b23-21+. The highest BCUT2D eigenvalue weighted by atomic mass is 16.5. The van der Waals surface area contributed by atoms with Crippen molar-refractivity contribution in [2.24, 2.45) is 0 Å². The number of nitrogens with one attached hydrogen (secondary N) is 1. The number of furan rings is 1. The Morgan fingerprint density at radius 3 is 2.56 bits per heavy atom. The largest absolute Gasteiger partial charge is 0.507 e. The van der Waals surface area contributed by atoms with E-state index in [0.29, 0.717) is 28.4 Å². The Balaban J connectivity index is 1.71. The van der Waals surface area contributed by atoms with Crippen LogP contribution in [0.1, 0.15) is 34.3 Å². The molecule has 34 heavy (non-hydrogen) atoms. The van der Waals surface area contributed by atoms with Gasteiger partial charge >= 0.3 is 5.91 Å². The molecule has 0 spiro atoms. The number of aliphatic hydroxyl groups excluding tert-OH is 1. The fourth-order valence-corrected chi connectivity index (χ4v) is 4.33. The number of aliphatic hydroxyl groups is 1. The van der Waals surface area contributed by atoms with Gasteiger partial charge in [0.25, 0.3) is 5.78 Å². The SMILES string of the molecule is COc1ccc(/C(O)=C2\C(=O)C(=O)N(c3nc4ccc(C)cc4[nH]3)C2c2ccc(C)o2)cc1C. The Morgan fingerprint density at radius 2 is 1.88 bits per heavy atom. The van der Waals surface area contributed by atoms with Crippen LogP contribution in [0.3, 0.4) is 0 Å². The monoisotopic (exact) mass is 457 g/mol. The lowest BCUT2D eigenvalue weighted by Gasteiger charge is -2.20. The van der Waals surface area contributed by atoms with Crippen molar-refractivity contribution in [3.63, 3.8) is 0 Å². The predicted molar refractivity (Wildman–Crippen MR) is 127 cm³/mol. The molecule has 1 aliphatic heterocycles. The Kier molecular flexibility index (Phi) is 5.01. The minimum atomic E-state index is -0.988. The highest BCUT2D eigenvalue weighted by Gasteiger charge is 2.49. The van der Waals surface area contributed by atoms with Crippen LogP contribution in [0.5, 0.6) is 5.75 Å². The molecule has 0 radical (unpaired) electrons. The normalized spacial score (nSPS) is 17.6. The van der Waals surface area contributed by atoms with E-state index in [1.54, 1.807) is 44.4 Å². The second-order valence-corrected chi connectivity index (χ2v) is 8.38. The van der Waals surface area contributed by atoms with Crippen LogP contribution in [0.4, 0.5) is 5.95 Å². The van der Waals surface area contributed by atoms with Crippen LogP contribution in [0.15, 0.2) is 58.5 Å². The summed E-state index contributed by atoms with van der Waals surface area (Å²) in [7, 11) is 1.56. The Hall–Kier alpha value is -4.33. The van der Waals surface area contributed by atoms with Crippen molar-refractivity contribution < 1.29 is 23.8 Å². The van der Waals surface area contributed by atoms with Crippen LogP contribution >= 0.6 is 0 Å². The van der Waals surface area contributed by atoms with Crippen LogP contribution in [0.25, 0.3) is 16.8 Å². The van der Waals surface area contributed by atoms with E-state index in [1.807, 2.05) is 32.0 Å². The molecule has 2 N–H and O–H groups in total. The fraction of sp³-hybridized carbons (Fsp3) is 0.192. The van der Waals surface area contributed by atoms with E-state index >= 15 is 0 Å². The predicted octanol–water partition coefficient (Wildman–Crippen LogP) is 4.72. The number of aromatic nitrogens is 2. The van der Waals surface area contributed by atoms with Gasteiger partial charge < -0.3 is 19.2 Å². The molecule has 2 aromatic heterocycles. The molecule has 172 valence electrons. The summed E-state index contributed by atoms with van der Waals surface area (Å²) >= 11 is 0. The summed E-state index contributed by atoms with van der Waals surface area (Å²) in [6, 6.07) is 13.2. The fourth-order valence-electron chi connectivity index (χ4n) is 4.33. The van der Waals surface area contributed by atoms with Crippen LogP contribution in [0, 0.1) is 20.8 Å². The number of H-pyrrole nitrogens is 1. The first-order valence-corrected chi connectivity index (χ1v) is 10.8. The number of aromatic amines is 1. The third-order valence-corrected chi connectivity index (χ3v) is 6.00. The zero-order chi connectivity index (χ0) is 24.1. The number of aryl methyl sites for hydroxylation is 3. The smallest absolute Gasteiger partial charge is 0.302 e. The number of rotatable bonds is 4. The van der Waals surface area contributed by atoms with E-state index < -0.39 is 17.7 Å². The quantitative estimate of drug-likeness (QED) is 0.261. The first-order valence-electron chi connectivity index (χ1n) is 10.8. The van der Waals surface area contributed by atoms with Crippen LogP contribution in [-0.4, -0.2) is 33.9 Å². The number of benzene rings is 2. The number of ketones is 1. The number of nitrogens with zero attached hydrogens (tertiary/aromatic N) is 2. The molecule has 1 saturated heterocycles. The number of carbonyl (C=O) groups is 2. The van der Waals surface area contributed by atoms with Gasteiger partial charge in [0.1, 0.15) is 29.1 Å². The van der Waals surface area contributed by atoms with Gasteiger partial charge in [0.15, 0.2) is 0 Å². The van der Waals surface area contributed by atoms with E-state index in [0.717, 1.165) is 16.6 Å². The third-order valence-electron chi connectivity index (χ3n) is 6.00. The molecule has 3 heterocycles. The average molecular weight is 457 g/mol. The molecule has 1 fully saturated rings. The molecule has 8 heteroatoms. The lowest BCUT2D eigenvalue weighted by atomic mass is 9.98. The van der Waals surface area contributed by atoms with E-state index in [4.69, 9.17) is 9.15 Å². The second-order valence-electron chi connectivity index (χ2n) is 8.38. The van der Waals surface area contributed by atoms with E-state index in [9.17, 15) is 14.7 Å². The highest BCUT2D eigenvalue weighted by Crippen LogP contribution is 2.42. The molecule has 1 unspecified atom stereocenters. The maximum atomic E-state index is 13.3. The van der Waals surface area contributed by atoms with E-state index in [2.05, 4.69) is 9.97 Å². The number of imidazole rings is 1. The topological polar surface area (TPSA) is 109 Å². The molecule has 1 amide bonds. The summed E-state index contributed by atoms with van der Waals surface area (Å²) in [5.74, 6) is -0.110. The Bertz CT molecular complexity index is 1490. The molecule has 0 saturated carbocycles. The number of carbonyl (C=O) groups excluding carboxylic acids is 2. The van der Waals surface area contributed by atoms with Crippen LogP contribution in [-0.2, 0) is 9.59 Å². The molecule has 4 aromatic rings. The van der Waals surface area contributed by atoms with Gasteiger partial charge in [-0.15, -0.1) is 0 Å². The summed E-state index contributed by atoms with van der Waals surface area (Å²) in [5.41, 5.74) is 3.52. The van der Waals surface area contributed by atoms with Crippen LogP contribution < -0.4 is 9.64 Å². The number of methoxy groups -OCH3 is 1. The maximum Gasteiger partial charge on any atom is 0.302 e. The van der Waals surface area contributed by atoms with Gasteiger partial charge in [0.05, 0.1) is 23.7 Å². The van der Waals surface area contributed by atoms with Gasteiger partial charge in [0, 0.05) is 5.56 Å². The zero-order valence-electron chi connectivity index (χ0n) is 19.2. The van der Waals surface area contributed by atoms with Crippen LogP contribution in [0.2, 0.25) is 0 Å². The van der Waals surface area contributed by atoms with Gasteiger partial charge in [-0.25, -0.2) is 4.98 Å². The number of ether oxygens (including phenoxy) is 1. The number of hydrogen-bond acceptors (Lipinski definition) is 6. The van der Waals surface area contributed by atoms with Gasteiger partial charge in [-0.2, -0.15) is 0 Å². The van der Waals surface area contributed by atoms with Gasteiger partial charge in [-0.1, -0.05) is 6.07 Å². The lowest BCUT2D eigenvalue weighted by molar-refractivity contribution is -0.132. The van der Waals surface area contributed by atoms with Gasteiger partial charge in [-0.3, -0.25) is 14.5 Å². The summed E-state index contributed by atoms with van der Waals surface area (Å²) in [4.78, 5) is 35.4. The van der Waals surface area contributed by atoms with Crippen molar-refractivity contribution in [1.82, 2.24) is 9.97 Å². The molecule has 2 aromatic carbocycles. The van der Waals surface area contributed by atoms with Gasteiger partial charge in [-0.05, 0) is 74.4 Å². The minimum absolute atomic E-state index is 0.0689. The Labute approximate surface area is 195 Å². The van der Waals surface area contributed by atoms with Crippen molar-refractivity contribution in [3.05, 3.63) is 82.3 Å². The minimum Gasteiger partial charge on any atom is -0.507 e. The molecule has 0 bridgehead atoms. The second kappa shape index (κ2) is 7.91. The number of anilines is 1. The molecular weight excluding hydrogens is 434 g/mol. The summed E-state index contributed by atoms with van der Waals surface area (Å²) in [6.07, 6.45) is 0. The first kappa shape index (κ1) is 21.5. The number of amides is 1. The van der Waals surface area contributed by atoms with Gasteiger partial charge in [0.2, 0.25) is 5.95 Å². The van der Waals surface area contributed by atoms with E-state index in [1.165, 1.54) is 4.90 Å². The maximum absolute atomic E-state index is 13.3.